The SMILES string of the molecule is O=c1c(Cl)c(NC/C=C/c2ccccc2)cnn1-c1ccc(C(F)(F)F)cn1. The zero-order valence-electron chi connectivity index (χ0n) is 14.3. The third-order valence-corrected chi connectivity index (χ3v) is 4.10. The Morgan fingerprint density at radius 3 is 2.50 bits per heavy atom. The van der Waals surface area contributed by atoms with E-state index < -0.39 is 17.3 Å². The van der Waals surface area contributed by atoms with E-state index in [1.807, 2.05) is 42.5 Å². The number of aromatic nitrogens is 3. The van der Waals surface area contributed by atoms with E-state index in [-0.39, 0.29) is 10.8 Å². The molecule has 0 amide bonds. The molecule has 0 radical (unpaired) electrons. The first kappa shape index (κ1) is 19.6. The molecule has 0 bridgehead atoms. The fourth-order valence-corrected chi connectivity index (χ4v) is 2.52. The summed E-state index contributed by atoms with van der Waals surface area (Å²) in [7, 11) is 0. The van der Waals surface area contributed by atoms with E-state index in [1.54, 1.807) is 0 Å². The summed E-state index contributed by atoms with van der Waals surface area (Å²) in [4.78, 5) is 16.0. The Morgan fingerprint density at radius 2 is 1.86 bits per heavy atom. The largest absolute Gasteiger partial charge is 0.417 e. The van der Waals surface area contributed by atoms with Crippen LogP contribution in [0.3, 0.4) is 0 Å². The minimum Gasteiger partial charge on any atom is -0.379 e. The number of nitrogens with one attached hydrogen (secondary N) is 1. The smallest absolute Gasteiger partial charge is 0.379 e. The number of benzene rings is 1. The number of halogens is 4. The van der Waals surface area contributed by atoms with Crippen molar-refractivity contribution in [3.8, 4) is 5.82 Å². The molecule has 144 valence electrons. The van der Waals surface area contributed by atoms with Gasteiger partial charge in [-0.05, 0) is 17.7 Å². The van der Waals surface area contributed by atoms with Crippen LogP contribution in [0.25, 0.3) is 11.9 Å². The molecule has 0 saturated heterocycles. The molecule has 0 spiro atoms. The lowest BCUT2D eigenvalue weighted by Gasteiger charge is -2.10. The summed E-state index contributed by atoms with van der Waals surface area (Å²) in [5, 5.41) is 6.76. The predicted molar refractivity (Wildman–Crippen MR) is 102 cm³/mol. The molecule has 0 fully saturated rings. The molecule has 0 aliphatic carbocycles. The highest BCUT2D eigenvalue weighted by Crippen LogP contribution is 2.28. The molecular formula is C19H14ClF3N4O. The molecule has 1 aromatic carbocycles. The van der Waals surface area contributed by atoms with Crippen LogP contribution in [-0.2, 0) is 6.18 Å². The third kappa shape index (κ3) is 4.58. The molecule has 0 aliphatic rings. The molecule has 9 heteroatoms. The predicted octanol–water partition coefficient (Wildman–Crippen LogP) is 4.43. The van der Waals surface area contributed by atoms with Crippen molar-refractivity contribution in [3.05, 3.63) is 87.4 Å². The van der Waals surface area contributed by atoms with Gasteiger partial charge in [0.2, 0.25) is 0 Å². The maximum absolute atomic E-state index is 12.6. The fourth-order valence-electron chi connectivity index (χ4n) is 2.33. The first-order chi connectivity index (χ1) is 13.4. The number of anilines is 1. The highest BCUT2D eigenvalue weighted by molar-refractivity contribution is 6.32. The Bertz CT molecular complexity index is 1030. The number of hydrogen-bond acceptors (Lipinski definition) is 4. The second kappa shape index (κ2) is 8.26. The van der Waals surface area contributed by atoms with Gasteiger partial charge in [0, 0.05) is 12.7 Å². The molecule has 3 rings (SSSR count). The Hall–Kier alpha value is -3.13. The molecule has 0 unspecified atom stereocenters. The summed E-state index contributed by atoms with van der Waals surface area (Å²) < 4.78 is 38.7. The summed E-state index contributed by atoms with van der Waals surface area (Å²) in [6, 6.07) is 11.5. The lowest BCUT2D eigenvalue weighted by Crippen LogP contribution is -2.23. The van der Waals surface area contributed by atoms with Crippen LogP contribution in [0.15, 0.2) is 65.7 Å². The highest BCUT2D eigenvalue weighted by Gasteiger charge is 2.30. The standard InChI is InChI=1S/C19H14ClF3N4O/c20-17-15(24-10-4-7-13-5-2-1-3-6-13)12-26-27(18(17)28)16-9-8-14(11-25-16)19(21,22)23/h1-9,11-12,24H,10H2/b7-4+. The monoisotopic (exact) mass is 406 g/mol. The normalized spacial score (nSPS) is 11.7. The maximum Gasteiger partial charge on any atom is 0.417 e. The second-order valence-electron chi connectivity index (χ2n) is 5.69. The first-order valence-corrected chi connectivity index (χ1v) is 8.51. The zero-order chi connectivity index (χ0) is 20.1. The summed E-state index contributed by atoms with van der Waals surface area (Å²) in [6.45, 7) is 0.401. The molecule has 3 aromatic rings. The average Bonchev–Trinajstić information content (AvgIpc) is 2.69. The van der Waals surface area contributed by atoms with Gasteiger partial charge < -0.3 is 5.32 Å². The van der Waals surface area contributed by atoms with E-state index in [0.29, 0.717) is 18.4 Å². The minimum absolute atomic E-state index is 0.0598. The van der Waals surface area contributed by atoms with E-state index in [1.165, 1.54) is 6.20 Å². The van der Waals surface area contributed by atoms with Crippen molar-refractivity contribution in [3.63, 3.8) is 0 Å². The van der Waals surface area contributed by atoms with Gasteiger partial charge in [-0.2, -0.15) is 23.0 Å². The van der Waals surface area contributed by atoms with E-state index in [9.17, 15) is 18.0 Å². The topological polar surface area (TPSA) is 59.8 Å². The summed E-state index contributed by atoms with van der Waals surface area (Å²) in [5.74, 6) is -0.0598. The van der Waals surface area contributed by atoms with Gasteiger partial charge in [0.25, 0.3) is 5.56 Å². The Labute approximate surface area is 163 Å². The van der Waals surface area contributed by atoms with Crippen LogP contribution in [0.2, 0.25) is 5.02 Å². The number of nitrogens with zero attached hydrogens (tertiary/aromatic N) is 3. The van der Waals surface area contributed by atoms with Gasteiger partial charge in [0.1, 0.15) is 5.02 Å². The number of alkyl halides is 3. The van der Waals surface area contributed by atoms with E-state index >= 15 is 0 Å². The number of pyridine rings is 1. The van der Waals surface area contributed by atoms with Gasteiger partial charge in [-0.3, -0.25) is 4.79 Å². The van der Waals surface area contributed by atoms with Crippen LogP contribution in [0.5, 0.6) is 0 Å². The highest BCUT2D eigenvalue weighted by atomic mass is 35.5. The third-order valence-electron chi connectivity index (χ3n) is 3.73. The maximum atomic E-state index is 12.6. The van der Waals surface area contributed by atoms with Crippen LogP contribution in [-0.4, -0.2) is 21.3 Å². The van der Waals surface area contributed by atoms with Crippen LogP contribution in [0.1, 0.15) is 11.1 Å². The van der Waals surface area contributed by atoms with Gasteiger partial charge in [0.05, 0.1) is 17.4 Å². The van der Waals surface area contributed by atoms with Gasteiger partial charge in [-0.15, -0.1) is 0 Å². The van der Waals surface area contributed by atoms with Crippen molar-refractivity contribution in [2.75, 3.05) is 11.9 Å². The number of rotatable bonds is 5. The lowest BCUT2D eigenvalue weighted by molar-refractivity contribution is -0.137. The quantitative estimate of drug-likeness (QED) is 0.681. The molecule has 0 saturated carbocycles. The fraction of sp³-hybridized carbons (Fsp3) is 0.105. The van der Waals surface area contributed by atoms with Crippen molar-refractivity contribution in [2.24, 2.45) is 0 Å². The lowest BCUT2D eigenvalue weighted by atomic mass is 10.2. The van der Waals surface area contributed by atoms with Crippen LogP contribution in [0.4, 0.5) is 18.9 Å². The van der Waals surface area contributed by atoms with Crippen molar-refractivity contribution in [2.45, 2.75) is 6.18 Å². The molecule has 0 atom stereocenters. The second-order valence-corrected chi connectivity index (χ2v) is 6.06. The molecule has 2 heterocycles. The summed E-state index contributed by atoms with van der Waals surface area (Å²) in [6.07, 6.45) is 1.20. The van der Waals surface area contributed by atoms with E-state index in [2.05, 4.69) is 15.4 Å². The van der Waals surface area contributed by atoms with Crippen molar-refractivity contribution in [1.82, 2.24) is 14.8 Å². The molecular weight excluding hydrogens is 393 g/mol. The van der Waals surface area contributed by atoms with E-state index in [4.69, 9.17) is 11.6 Å². The Morgan fingerprint density at radius 1 is 1.11 bits per heavy atom. The molecule has 5 nitrogen and oxygen atoms in total. The average molecular weight is 407 g/mol. The Balaban J connectivity index is 1.74. The molecule has 2 aromatic heterocycles. The van der Waals surface area contributed by atoms with Crippen LogP contribution >= 0.6 is 11.6 Å². The van der Waals surface area contributed by atoms with Gasteiger partial charge in [-0.25, -0.2) is 4.98 Å². The molecule has 1 N–H and O–H groups in total. The Kier molecular flexibility index (Phi) is 5.79. The molecule has 0 aliphatic heterocycles. The van der Waals surface area contributed by atoms with Crippen molar-refractivity contribution in [1.29, 1.82) is 0 Å². The first-order valence-electron chi connectivity index (χ1n) is 8.13. The summed E-state index contributed by atoms with van der Waals surface area (Å²) >= 11 is 6.08. The van der Waals surface area contributed by atoms with E-state index in [0.717, 1.165) is 22.4 Å². The number of hydrogen-bond donors (Lipinski definition) is 1. The summed E-state index contributed by atoms with van der Waals surface area (Å²) in [5.41, 5.74) is -0.269. The van der Waals surface area contributed by atoms with Gasteiger partial charge >= 0.3 is 6.18 Å². The molecule has 28 heavy (non-hydrogen) atoms. The van der Waals surface area contributed by atoms with Gasteiger partial charge in [-0.1, -0.05) is 54.1 Å². The zero-order valence-corrected chi connectivity index (χ0v) is 15.1. The van der Waals surface area contributed by atoms with Gasteiger partial charge in [0.15, 0.2) is 5.82 Å². The van der Waals surface area contributed by atoms with Crippen molar-refractivity contribution >= 4 is 23.4 Å². The van der Waals surface area contributed by atoms with Crippen LogP contribution < -0.4 is 10.9 Å². The minimum atomic E-state index is -4.51. The van der Waals surface area contributed by atoms with Crippen LogP contribution in [0, 0.1) is 0 Å². The van der Waals surface area contributed by atoms with Crippen molar-refractivity contribution < 1.29 is 13.2 Å².